The molecule has 4 nitrogen and oxygen atoms in total. The van der Waals surface area contributed by atoms with E-state index in [2.05, 4.69) is 62.6 Å². The molecule has 1 aromatic heterocycles. The fraction of sp³-hybridized carbons (Fsp3) is 0.308. The minimum Gasteiger partial charge on any atom is -0.462 e. The Kier molecular flexibility index (Phi) is 7.69. The van der Waals surface area contributed by atoms with Crippen LogP contribution in [0.1, 0.15) is 62.1 Å². The van der Waals surface area contributed by atoms with Crippen LogP contribution < -0.4 is 10.6 Å². The molecule has 32 heavy (non-hydrogen) atoms. The molecule has 1 atom stereocenters. The van der Waals surface area contributed by atoms with Crippen molar-refractivity contribution in [2.75, 3.05) is 11.9 Å². The van der Waals surface area contributed by atoms with Gasteiger partial charge in [0.2, 0.25) is 0 Å². The number of carbonyl (C=O) groups is 1. The number of hydrogen-bond donors (Lipinski definition) is 2. The second kappa shape index (κ2) is 10.3. The number of benzene rings is 2. The summed E-state index contributed by atoms with van der Waals surface area (Å²) in [6, 6.07) is 20.4. The molecule has 3 aromatic rings. The predicted molar refractivity (Wildman–Crippen MR) is 139 cm³/mol. The van der Waals surface area contributed by atoms with Gasteiger partial charge in [-0.2, -0.15) is 0 Å². The van der Waals surface area contributed by atoms with Gasteiger partial charge in [0.15, 0.2) is 5.11 Å². The molecule has 0 bridgehead atoms. The van der Waals surface area contributed by atoms with E-state index in [1.807, 2.05) is 36.4 Å². The number of esters is 1. The van der Waals surface area contributed by atoms with E-state index in [1.54, 1.807) is 6.92 Å². The van der Waals surface area contributed by atoms with Gasteiger partial charge < -0.3 is 15.4 Å². The van der Waals surface area contributed by atoms with E-state index in [9.17, 15) is 4.79 Å². The summed E-state index contributed by atoms with van der Waals surface area (Å²) in [5.74, 6) is -0.359. The Morgan fingerprint density at radius 2 is 1.75 bits per heavy atom. The summed E-state index contributed by atoms with van der Waals surface area (Å²) in [4.78, 5) is 13.5. The summed E-state index contributed by atoms with van der Waals surface area (Å²) in [6.45, 7) is 10.8. The Labute approximate surface area is 200 Å². The Morgan fingerprint density at radius 3 is 2.34 bits per heavy atom. The Bertz CT molecular complexity index is 1070. The van der Waals surface area contributed by atoms with E-state index in [4.69, 9.17) is 17.0 Å². The Morgan fingerprint density at radius 1 is 1.09 bits per heavy atom. The van der Waals surface area contributed by atoms with Gasteiger partial charge in [0.05, 0.1) is 18.2 Å². The molecule has 0 saturated heterocycles. The van der Waals surface area contributed by atoms with Crippen molar-refractivity contribution in [3.8, 4) is 10.4 Å². The topological polar surface area (TPSA) is 50.4 Å². The lowest BCUT2D eigenvalue weighted by atomic mass is 9.86. The molecule has 6 heteroatoms. The third-order valence-electron chi connectivity index (χ3n) is 5.14. The maximum absolute atomic E-state index is 12.5. The van der Waals surface area contributed by atoms with Gasteiger partial charge in [0.25, 0.3) is 0 Å². The zero-order chi connectivity index (χ0) is 23.3. The first-order valence-corrected chi connectivity index (χ1v) is 12.0. The third-order valence-corrected chi connectivity index (χ3v) is 6.46. The normalized spacial score (nSPS) is 12.2. The quantitative estimate of drug-likeness (QED) is 0.304. The molecule has 168 valence electrons. The van der Waals surface area contributed by atoms with Crippen molar-refractivity contribution in [1.29, 1.82) is 0 Å². The largest absolute Gasteiger partial charge is 0.462 e. The van der Waals surface area contributed by atoms with Crippen LogP contribution >= 0.6 is 23.6 Å². The highest BCUT2D eigenvalue weighted by Crippen LogP contribution is 2.36. The number of hydrogen-bond acceptors (Lipinski definition) is 4. The van der Waals surface area contributed by atoms with E-state index >= 15 is 0 Å². The molecule has 0 aliphatic carbocycles. The number of carbonyl (C=O) groups excluding carboxylic acids is 1. The summed E-state index contributed by atoms with van der Waals surface area (Å²) in [6.07, 6.45) is 0. The number of rotatable bonds is 6. The van der Waals surface area contributed by atoms with E-state index in [-0.39, 0.29) is 17.4 Å². The van der Waals surface area contributed by atoms with Crippen LogP contribution in [0.3, 0.4) is 0 Å². The zero-order valence-electron chi connectivity index (χ0n) is 19.2. The molecular formula is C26H30N2O2S2. The van der Waals surface area contributed by atoms with Crippen molar-refractivity contribution in [3.05, 3.63) is 77.4 Å². The van der Waals surface area contributed by atoms with Crippen molar-refractivity contribution in [2.24, 2.45) is 0 Å². The van der Waals surface area contributed by atoms with Gasteiger partial charge >= 0.3 is 5.97 Å². The zero-order valence-corrected chi connectivity index (χ0v) is 20.8. The van der Waals surface area contributed by atoms with Crippen LogP contribution in [0.4, 0.5) is 5.00 Å². The number of anilines is 1. The molecule has 0 aliphatic rings. The Hall–Kier alpha value is -2.70. The molecular weight excluding hydrogens is 436 g/mol. The van der Waals surface area contributed by atoms with Crippen LogP contribution in [0.2, 0.25) is 0 Å². The fourth-order valence-electron chi connectivity index (χ4n) is 3.28. The molecule has 0 fully saturated rings. The molecule has 2 N–H and O–H groups in total. The van der Waals surface area contributed by atoms with Crippen LogP contribution in [0.25, 0.3) is 10.4 Å². The summed E-state index contributed by atoms with van der Waals surface area (Å²) >= 11 is 7.05. The lowest BCUT2D eigenvalue weighted by Crippen LogP contribution is -2.31. The molecule has 1 unspecified atom stereocenters. The number of nitrogens with one attached hydrogen (secondary N) is 2. The van der Waals surface area contributed by atoms with Gasteiger partial charge in [0, 0.05) is 4.88 Å². The fourth-order valence-corrected chi connectivity index (χ4v) is 4.68. The monoisotopic (exact) mass is 466 g/mol. The molecule has 0 aliphatic heterocycles. The summed E-state index contributed by atoms with van der Waals surface area (Å²) < 4.78 is 5.25. The van der Waals surface area contributed by atoms with E-state index in [0.29, 0.717) is 22.3 Å². The van der Waals surface area contributed by atoms with Crippen molar-refractivity contribution >= 4 is 39.6 Å². The SMILES string of the molecule is CCOC(=O)c1cc(-c2ccccc2)sc1NC(=S)NC(C)c1ccc(C(C)(C)C)cc1. The summed E-state index contributed by atoms with van der Waals surface area (Å²) in [5, 5.41) is 7.68. The van der Waals surface area contributed by atoms with E-state index in [0.717, 1.165) is 16.0 Å². The molecule has 0 amide bonds. The van der Waals surface area contributed by atoms with Crippen LogP contribution in [-0.4, -0.2) is 17.7 Å². The lowest BCUT2D eigenvalue weighted by Gasteiger charge is -2.21. The molecule has 1 heterocycles. The van der Waals surface area contributed by atoms with E-state index in [1.165, 1.54) is 16.9 Å². The maximum atomic E-state index is 12.5. The highest BCUT2D eigenvalue weighted by molar-refractivity contribution is 7.80. The highest BCUT2D eigenvalue weighted by Gasteiger charge is 2.20. The number of ether oxygens (including phenoxy) is 1. The average molecular weight is 467 g/mol. The molecule has 2 aromatic carbocycles. The molecule has 0 saturated carbocycles. The van der Waals surface area contributed by atoms with Crippen LogP contribution in [0.15, 0.2) is 60.7 Å². The van der Waals surface area contributed by atoms with Crippen LogP contribution in [-0.2, 0) is 10.2 Å². The van der Waals surface area contributed by atoms with Crippen LogP contribution in [0, 0.1) is 0 Å². The van der Waals surface area contributed by atoms with Gasteiger partial charge in [-0.25, -0.2) is 4.79 Å². The minimum absolute atomic E-state index is 0.0172. The third kappa shape index (κ3) is 5.96. The van der Waals surface area contributed by atoms with Crippen molar-refractivity contribution in [1.82, 2.24) is 5.32 Å². The average Bonchev–Trinajstić information content (AvgIpc) is 3.17. The standard InChI is InChI=1S/C26H30N2O2S2/c1-6-30-24(29)21-16-22(19-10-8-7-9-11-19)32-23(21)28-25(31)27-17(2)18-12-14-20(15-13-18)26(3,4)5/h7-17H,6H2,1-5H3,(H2,27,28,31). The molecule has 0 radical (unpaired) electrons. The smallest absolute Gasteiger partial charge is 0.341 e. The first kappa shape index (κ1) is 24.0. The van der Waals surface area contributed by atoms with E-state index < -0.39 is 0 Å². The van der Waals surface area contributed by atoms with Crippen molar-refractivity contribution in [3.63, 3.8) is 0 Å². The number of thiocarbonyl (C=S) groups is 1. The molecule has 0 spiro atoms. The van der Waals surface area contributed by atoms with Gasteiger partial charge in [-0.3, -0.25) is 0 Å². The van der Waals surface area contributed by atoms with Gasteiger partial charge in [-0.15, -0.1) is 11.3 Å². The first-order chi connectivity index (χ1) is 15.2. The lowest BCUT2D eigenvalue weighted by molar-refractivity contribution is 0.0528. The van der Waals surface area contributed by atoms with Gasteiger partial charge in [-0.1, -0.05) is 75.4 Å². The molecule has 3 rings (SSSR count). The maximum Gasteiger partial charge on any atom is 0.341 e. The van der Waals surface area contributed by atoms with Crippen molar-refractivity contribution < 1.29 is 9.53 Å². The van der Waals surface area contributed by atoms with Gasteiger partial charge in [0.1, 0.15) is 5.00 Å². The van der Waals surface area contributed by atoms with Crippen LogP contribution in [0.5, 0.6) is 0 Å². The predicted octanol–water partition coefficient (Wildman–Crippen LogP) is 6.94. The van der Waals surface area contributed by atoms with Gasteiger partial charge in [-0.05, 0) is 54.2 Å². The summed E-state index contributed by atoms with van der Waals surface area (Å²) in [5.41, 5.74) is 4.08. The first-order valence-electron chi connectivity index (χ1n) is 10.7. The second-order valence-electron chi connectivity index (χ2n) is 8.63. The second-order valence-corrected chi connectivity index (χ2v) is 10.1. The number of thiophene rings is 1. The van der Waals surface area contributed by atoms with Crippen molar-refractivity contribution in [2.45, 2.75) is 46.1 Å². The highest BCUT2D eigenvalue weighted by atomic mass is 32.1. The Balaban J connectivity index is 1.76. The minimum atomic E-state index is -0.359. The summed E-state index contributed by atoms with van der Waals surface area (Å²) in [7, 11) is 0.